The Kier molecular flexibility index (Phi) is 4.24. The topological polar surface area (TPSA) is 50.2 Å². The summed E-state index contributed by atoms with van der Waals surface area (Å²) in [5, 5.41) is 7.69. The van der Waals surface area contributed by atoms with Crippen LogP contribution in [0.1, 0.15) is 28.0 Å². The summed E-state index contributed by atoms with van der Waals surface area (Å²) in [5.41, 5.74) is 2.80. The highest BCUT2D eigenvalue weighted by Crippen LogP contribution is 2.15. The van der Waals surface area contributed by atoms with Gasteiger partial charge in [0.15, 0.2) is 0 Å². The first kappa shape index (κ1) is 14.8. The van der Waals surface area contributed by atoms with Gasteiger partial charge in [0.05, 0.1) is 18.3 Å². The quantitative estimate of drug-likeness (QED) is 0.934. The highest BCUT2D eigenvalue weighted by atomic mass is 16.2. The number of hydrogen-bond acceptors (Lipinski definition) is 3. The van der Waals surface area contributed by atoms with E-state index in [-0.39, 0.29) is 11.9 Å². The van der Waals surface area contributed by atoms with Crippen molar-refractivity contribution >= 4 is 5.91 Å². The van der Waals surface area contributed by atoms with Crippen molar-refractivity contribution in [2.24, 2.45) is 0 Å². The smallest absolute Gasteiger partial charge is 0.257 e. The van der Waals surface area contributed by atoms with Gasteiger partial charge < -0.3 is 10.2 Å². The molecule has 1 amide bonds. The number of aromatic nitrogens is 2. The highest BCUT2D eigenvalue weighted by molar-refractivity contribution is 5.95. The number of nitrogens with one attached hydrogen (secondary N) is 1. The lowest BCUT2D eigenvalue weighted by molar-refractivity contribution is 0.0743. The van der Waals surface area contributed by atoms with E-state index >= 15 is 0 Å². The summed E-state index contributed by atoms with van der Waals surface area (Å²) in [6.07, 6.45) is 2.71. The van der Waals surface area contributed by atoms with Gasteiger partial charge >= 0.3 is 0 Å². The first-order chi connectivity index (χ1) is 10.7. The SMILES string of the molecule is Cc1c(C(=O)N(C)C2CCNC2)cnn1Cc1ccccc1. The fraction of sp³-hybridized carbons (Fsp3) is 0.412. The maximum Gasteiger partial charge on any atom is 0.257 e. The molecule has 116 valence electrons. The Balaban J connectivity index is 1.76. The molecule has 22 heavy (non-hydrogen) atoms. The molecule has 1 aromatic heterocycles. The predicted molar refractivity (Wildman–Crippen MR) is 85.9 cm³/mol. The number of hydrogen-bond donors (Lipinski definition) is 1. The Morgan fingerprint density at radius 1 is 1.41 bits per heavy atom. The normalized spacial score (nSPS) is 17.6. The van der Waals surface area contributed by atoms with Crippen LogP contribution in [0, 0.1) is 6.92 Å². The largest absolute Gasteiger partial charge is 0.337 e. The highest BCUT2D eigenvalue weighted by Gasteiger charge is 2.26. The van der Waals surface area contributed by atoms with E-state index in [0.29, 0.717) is 12.1 Å². The fourth-order valence-electron chi connectivity index (χ4n) is 2.90. The summed E-state index contributed by atoms with van der Waals surface area (Å²) < 4.78 is 1.89. The lowest BCUT2D eigenvalue weighted by atomic mass is 10.1. The Morgan fingerprint density at radius 3 is 2.86 bits per heavy atom. The second-order valence-corrected chi connectivity index (χ2v) is 5.85. The molecule has 1 saturated heterocycles. The van der Waals surface area contributed by atoms with Gasteiger partial charge in [-0.15, -0.1) is 0 Å². The van der Waals surface area contributed by atoms with E-state index in [1.165, 1.54) is 5.56 Å². The molecule has 0 aliphatic carbocycles. The van der Waals surface area contributed by atoms with Gasteiger partial charge in [-0.25, -0.2) is 0 Å². The van der Waals surface area contributed by atoms with Gasteiger partial charge in [0, 0.05) is 25.3 Å². The summed E-state index contributed by atoms with van der Waals surface area (Å²) in [6.45, 7) is 4.51. The lowest BCUT2D eigenvalue weighted by Gasteiger charge is -2.23. The summed E-state index contributed by atoms with van der Waals surface area (Å²) >= 11 is 0. The molecular weight excluding hydrogens is 276 g/mol. The summed E-state index contributed by atoms with van der Waals surface area (Å²) in [7, 11) is 1.88. The van der Waals surface area contributed by atoms with Crippen molar-refractivity contribution < 1.29 is 4.79 Å². The molecule has 1 aliphatic rings. The van der Waals surface area contributed by atoms with E-state index in [1.54, 1.807) is 6.20 Å². The van der Waals surface area contributed by atoms with Gasteiger partial charge in [-0.2, -0.15) is 5.10 Å². The van der Waals surface area contributed by atoms with Gasteiger partial charge in [0.1, 0.15) is 0 Å². The van der Waals surface area contributed by atoms with Crippen LogP contribution in [0.2, 0.25) is 0 Å². The van der Waals surface area contributed by atoms with Gasteiger partial charge in [-0.1, -0.05) is 30.3 Å². The van der Waals surface area contributed by atoms with Crippen LogP contribution in [-0.4, -0.2) is 46.8 Å². The number of nitrogens with zero attached hydrogens (tertiary/aromatic N) is 3. The van der Waals surface area contributed by atoms with Crippen LogP contribution in [0.4, 0.5) is 0 Å². The Labute approximate surface area is 130 Å². The standard InChI is InChI=1S/C17H22N4O/c1-13-16(17(22)20(2)15-8-9-18-10-15)11-19-21(13)12-14-6-4-3-5-7-14/h3-7,11,15,18H,8-10,12H2,1-2H3. The van der Waals surface area contributed by atoms with Gasteiger partial charge in [0.2, 0.25) is 0 Å². The van der Waals surface area contributed by atoms with Crippen LogP contribution < -0.4 is 5.32 Å². The van der Waals surface area contributed by atoms with Gasteiger partial charge in [0.25, 0.3) is 5.91 Å². The van der Waals surface area contributed by atoms with Crippen molar-refractivity contribution in [2.45, 2.75) is 25.9 Å². The van der Waals surface area contributed by atoms with E-state index in [2.05, 4.69) is 22.5 Å². The molecule has 5 heteroatoms. The molecule has 1 aliphatic heterocycles. The zero-order valence-corrected chi connectivity index (χ0v) is 13.1. The molecule has 0 radical (unpaired) electrons. The first-order valence-electron chi connectivity index (χ1n) is 7.71. The van der Waals surface area contributed by atoms with Crippen LogP contribution in [0.3, 0.4) is 0 Å². The number of carbonyl (C=O) groups is 1. The van der Waals surface area contributed by atoms with E-state index < -0.39 is 0 Å². The molecule has 2 aromatic rings. The number of carbonyl (C=O) groups excluding carboxylic acids is 1. The molecule has 1 fully saturated rings. The summed E-state index contributed by atoms with van der Waals surface area (Å²) in [6, 6.07) is 10.4. The number of rotatable bonds is 4. The minimum atomic E-state index is 0.0607. The predicted octanol–water partition coefficient (Wildman–Crippen LogP) is 1.67. The maximum atomic E-state index is 12.7. The average Bonchev–Trinajstić information content (AvgIpc) is 3.18. The molecule has 1 atom stereocenters. The van der Waals surface area contributed by atoms with E-state index in [1.807, 2.05) is 41.8 Å². The molecule has 0 bridgehead atoms. The number of likely N-dealkylation sites (N-methyl/N-ethyl adjacent to an activating group) is 1. The average molecular weight is 298 g/mol. The third kappa shape index (κ3) is 2.90. The molecule has 0 spiro atoms. The summed E-state index contributed by atoms with van der Waals surface area (Å²) in [4.78, 5) is 14.5. The molecule has 1 aromatic carbocycles. The third-order valence-corrected chi connectivity index (χ3v) is 4.41. The van der Waals surface area contributed by atoms with Gasteiger partial charge in [-0.3, -0.25) is 9.48 Å². The first-order valence-corrected chi connectivity index (χ1v) is 7.71. The molecule has 0 saturated carbocycles. The van der Waals surface area contributed by atoms with E-state index in [4.69, 9.17) is 0 Å². The maximum absolute atomic E-state index is 12.7. The van der Waals surface area contributed by atoms with Crippen LogP contribution in [0.25, 0.3) is 0 Å². The van der Waals surface area contributed by atoms with Gasteiger partial charge in [-0.05, 0) is 25.5 Å². The summed E-state index contributed by atoms with van der Waals surface area (Å²) in [5.74, 6) is 0.0607. The van der Waals surface area contributed by atoms with Crippen LogP contribution in [-0.2, 0) is 6.54 Å². The molecule has 5 nitrogen and oxygen atoms in total. The van der Waals surface area contributed by atoms with Crippen molar-refractivity contribution in [1.29, 1.82) is 0 Å². The van der Waals surface area contributed by atoms with E-state index in [9.17, 15) is 4.79 Å². The third-order valence-electron chi connectivity index (χ3n) is 4.41. The second kappa shape index (κ2) is 6.32. The van der Waals surface area contributed by atoms with Crippen molar-refractivity contribution in [3.63, 3.8) is 0 Å². The van der Waals surface area contributed by atoms with Crippen molar-refractivity contribution in [2.75, 3.05) is 20.1 Å². The zero-order chi connectivity index (χ0) is 15.5. The minimum Gasteiger partial charge on any atom is -0.337 e. The molecular formula is C17H22N4O. The Hall–Kier alpha value is -2.14. The zero-order valence-electron chi connectivity index (χ0n) is 13.1. The molecule has 3 rings (SSSR count). The second-order valence-electron chi connectivity index (χ2n) is 5.85. The van der Waals surface area contributed by atoms with E-state index in [0.717, 1.165) is 25.2 Å². The Bertz CT molecular complexity index is 644. The van der Waals surface area contributed by atoms with Crippen molar-refractivity contribution in [3.05, 3.63) is 53.3 Å². The van der Waals surface area contributed by atoms with Crippen LogP contribution in [0.5, 0.6) is 0 Å². The fourth-order valence-corrected chi connectivity index (χ4v) is 2.90. The van der Waals surface area contributed by atoms with Crippen LogP contribution in [0.15, 0.2) is 36.5 Å². The monoisotopic (exact) mass is 298 g/mol. The van der Waals surface area contributed by atoms with Crippen molar-refractivity contribution in [3.8, 4) is 0 Å². The molecule has 1 N–H and O–H groups in total. The Morgan fingerprint density at radius 2 is 2.18 bits per heavy atom. The number of amides is 1. The number of benzene rings is 1. The van der Waals surface area contributed by atoms with Crippen LogP contribution >= 0.6 is 0 Å². The molecule has 1 unspecified atom stereocenters. The lowest BCUT2D eigenvalue weighted by Crippen LogP contribution is -2.38. The van der Waals surface area contributed by atoms with Crippen molar-refractivity contribution in [1.82, 2.24) is 20.0 Å². The molecule has 2 heterocycles. The minimum absolute atomic E-state index is 0.0607.